The smallest absolute Gasteiger partial charge is 0.251 e. The summed E-state index contributed by atoms with van der Waals surface area (Å²) in [6.07, 6.45) is 0. The zero-order valence-electron chi connectivity index (χ0n) is 19.1. The van der Waals surface area contributed by atoms with Crippen molar-refractivity contribution in [1.29, 1.82) is 0 Å². The van der Waals surface area contributed by atoms with Gasteiger partial charge < -0.3 is 19.7 Å². The molecule has 0 aliphatic carbocycles. The van der Waals surface area contributed by atoms with Crippen LogP contribution in [0.2, 0.25) is 0 Å². The summed E-state index contributed by atoms with van der Waals surface area (Å²) < 4.78 is 12.0. The molecule has 9 heteroatoms. The Balaban J connectivity index is 1.28. The number of nitrogens with one attached hydrogen (secondary N) is 1. The molecule has 1 aliphatic heterocycles. The lowest BCUT2D eigenvalue weighted by Crippen LogP contribution is -2.48. The lowest BCUT2D eigenvalue weighted by atomic mass is 10.1. The summed E-state index contributed by atoms with van der Waals surface area (Å²) >= 11 is 1.66. The monoisotopic (exact) mass is 468 g/mol. The molecule has 1 N–H and O–H groups in total. The van der Waals surface area contributed by atoms with E-state index in [1.807, 2.05) is 12.1 Å². The quantitative estimate of drug-likeness (QED) is 0.509. The molecule has 1 fully saturated rings. The van der Waals surface area contributed by atoms with Crippen LogP contribution in [0.15, 0.2) is 36.4 Å². The van der Waals surface area contributed by atoms with Crippen LogP contribution in [0.5, 0.6) is 11.5 Å². The van der Waals surface area contributed by atoms with Crippen LogP contribution in [0.4, 0.5) is 5.13 Å². The van der Waals surface area contributed by atoms with E-state index >= 15 is 0 Å². The molecule has 0 spiro atoms. The fourth-order valence-electron chi connectivity index (χ4n) is 3.88. The summed E-state index contributed by atoms with van der Waals surface area (Å²) in [5.41, 5.74) is 2.00. The molecule has 174 valence electrons. The van der Waals surface area contributed by atoms with E-state index < -0.39 is 0 Å². The second-order valence-corrected chi connectivity index (χ2v) is 8.87. The van der Waals surface area contributed by atoms with E-state index in [0.717, 1.165) is 48.1 Å². The van der Waals surface area contributed by atoms with E-state index in [0.29, 0.717) is 29.2 Å². The number of benzene rings is 2. The largest absolute Gasteiger partial charge is 0.493 e. The lowest BCUT2D eigenvalue weighted by molar-refractivity contribution is 0.0945. The molecule has 1 aliphatic rings. The predicted octanol–water partition coefficient (Wildman–Crippen LogP) is 3.07. The van der Waals surface area contributed by atoms with Gasteiger partial charge >= 0.3 is 0 Å². The molecule has 0 saturated carbocycles. The first kappa shape index (κ1) is 23.0. The summed E-state index contributed by atoms with van der Waals surface area (Å²) in [7, 11) is 3.26. The van der Waals surface area contributed by atoms with Crippen molar-refractivity contribution in [2.24, 2.45) is 0 Å². The number of ether oxygens (including phenoxy) is 2. The Kier molecular flexibility index (Phi) is 7.10. The Morgan fingerprint density at radius 2 is 1.70 bits per heavy atom. The number of aromatic nitrogens is 1. The first-order valence-corrected chi connectivity index (χ1v) is 11.7. The number of piperazine rings is 1. The minimum absolute atomic E-state index is 0.00851. The van der Waals surface area contributed by atoms with Crippen molar-refractivity contribution in [3.05, 3.63) is 47.5 Å². The van der Waals surface area contributed by atoms with Crippen molar-refractivity contribution in [3.8, 4) is 11.5 Å². The Bertz CT molecular complexity index is 1140. The van der Waals surface area contributed by atoms with Crippen LogP contribution >= 0.6 is 11.3 Å². The third-order valence-corrected chi connectivity index (χ3v) is 6.88. The predicted molar refractivity (Wildman–Crippen MR) is 130 cm³/mol. The van der Waals surface area contributed by atoms with Gasteiger partial charge in [-0.3, -0.25) is 14.5 Å². The Labute approximate surface area is 197 Å². The maximum absolute atomic E-state index is 12.3. The molecular formula is C24H28N4O4S. The molecule has 2 heterocycles. The van der Waals surface area contributed by atoms with Gasteiger partial charge in [0, 0.05) is 50.4 Å². The van der Waals surface area contributed by atoms with E-state index in [2.05, 4.69) is 15.1 Å². The second-order valence-electron chi connectivity index (χ2n) is 7.86. The molecule has 2 aromatic carbocycles. The van der Waals surface area contributed by atoms with Crippen LogP contribution in [0.25, 0.3) is 10.2 Å². The number of rotatable bonds is 8. The van der Waals surface area contributed by atoms with Crippen LogP contribution in [-0.4, -0.2) is 75.1 Å². The lowest BCUT2D eigenvalue weighted by Gasteiger charge is -2.34. The van der Waals surface area contributed by atoms with E-state index in [-0.39, 0.29) is 11.7 Å². The van der Waals surface area contributed by atoms with Crippen LogP contribution in [0.1, 0.15) is 27.6 Å². The van der Waals surface area contributed by atoms with Gasteiger partial charge in [0.25, 0.3) is 5.91 Å². The van der Waals surface area contributed by atoms with E-state index in [9.17, 15) is 9.59 Å². The van der Waals surface area contributed by atoms with E-state index in [1.54, 1.807) is 49.8 Å². The minimum atomic E-state index is -0.123. The zero-order chi connectivity index (χ0) is 23.4. The number of thiazole rings is 1. The number of Topliss-reactive ketones (excluding diaryl/α,β-unsaturated/α-hetero) is 1. The van der Waals surface area contributed by atoms with E-state index in [1.165, 1.54) is 6.92 Å². The number of carbonyl (C=O) groups is 2. The molecule has 0 unspecified atom stereocenters. The maximum Gasteiger partial charge on any atom is 0.251 e. The summed E-state index contributed by atoms with van der Waals surface area (Å²) in [4.78, 5) is 33.2. The highest BCUT2D eigenvalue weighted by atomic mass is 32.1. The molecular weight excluding hydrogens is 440 g/mol. The number of anilines is 1. The molecule has 1 saturated heterocycles. The Morgan fingerprint density at radius 3 is 2.33 bits per heavy atom. The van der Waals surface area contributed by atoms with Crippen LogP contribution in [0, 0.1) is 0 Å². The first-order chi connectivity index (χ1) is 16.0. The van der Waals surface area contributed by atoms with Crippen LogP contribution in [-0.2, 0) is 0 Å². The van der Waals surface area contributed by atoms with Crippen molar-refractivity contribution in [2.45, 2.75) is 6.92 Å². The summed E-state index contributed by atoms with van der Waals surface area (Å²) in [5, 5.41) is 3.95. The Morgan fingerprint density at radius 1 is 1.00 bits per heavy atom. The molecule has 0 atom stereocenters. The van der Waals surface area contributed by atoms with E-state index in [4.69, 9.17) is 14.5 Å². The van der Waals surface area contributed by atoms with Gasteiger partial charge in [0.05, 0.1) is 18.9 Å². The zero-order valence-corrected chi connectivity index (χ0v) is 19.9. The van der Waals surface area contributed by atoms with Crippen LogP contribution < -0.4 is 19.7 Å². The number of fused-ring (bicyclic) bond motifs is 1. The van der Waals surface area contributed by atoms with Crippen LogP contribution in [0.3, 0.4) is 0 Å². The summed E-state index contributed by atoms with van der Waals surface area (Å²) in [6.45, 7) is 6.43. The number of hydrogen-bond acceptors (Lipinski definition) is 8. The fraction of sp³-hybridized carbons (Fsp3) is 0.375. The molecule has 3 aromatic rings. The number of carbonyl (C=O) groups excluding carboxylic acids is 2. The summed E-state index contributed by atoms with van der Waals surface area (Å²) in [6, 6.07) is 10.7. The van der Waals surface area contributed by atoms with Crippen molar-refractivity contribution in [1.82, 2.24) is 15.2 Å². The third-order valence-electron chi connectivity index (χ3n) is 5.80. The van der Waals surface area contributed by atoms with Crippen molar-refractivity contribution in [2.75, 3.05) is 58.4 Å². The molecule has 1 amide bonds. The second kappa shape index (κ2) is 10.2. The molecule has 1 aromatic heterocycles. The number of amides is 1. The first-order valence-electron chi connectivity index (χ1n) is 10.9. The SMILES string of the molecule is COc1ccc2sc(N3CCN(CCNC(=O)c4ccc(C(C)=O)cc4)CC3)nc2c1OC. The number of nitrogens with zero attached hydrogens (tertiary/aromatic N) is 3. The molecule has 0 bridgehead atoms. The van der Waals surface area contributed by atoms with Crippen molar-refractivity contribution >= 4 is 38.4 Å². The number of hydrogen-bond donors (Lipinski definition) is 1. The van der Waals surface area contributed by atoms with Gasteiger partial charge in [-0.2, -0.15) is 0 Å². The molecule has 8 nitrogen and oxygen atoms in total. The topological polar surface area (TPSA) is 84.0 Å². The minimum Gasteiger partial charge on any atom is -0.493 e. The van der Waals surface area contributed by atoms with Gasteiger partial charge in [-0.15, -0.1) is 0 Å². The normalized spacial score (nSPS) is 14.3. The van der Waals surface area contributed by atoms with Gasteiger partial charge in [0.15, 0.2) is 22.4 Å². The number of methoxy groups -OCH3 is 2. The highest BCUT2D eigenvalue weighted by Gasteiger charge is 2.22. The van der Waals surface area contributed by atoms with Crippen molar-refractivity contribution < 1.29 is 19.1 Å². The van der Waals surface area contributed by atoms with Crippen molar-refractivity contribution in [3.63, 3.8) is 0 Å². The molecule has 0 radical (unpaired) electrons. The highest BCUT2D eigenvalue weighted by molar-refractivity contribution is 7.22. The molecule has 33 heavy (non-hydrogen) atoms. The summed E-state index contributed by atoms with van der Waals surface area (Å²) in [5.74, 6) is 1.22. The number of ketones is 1. The Hall–Kier alpha value is -3.17. The highest BCUT2D eigenvalue weighted by Crippen LogP contribution is 2.40. The van der Waals surface area contributed by atoms with Gasteiger partial charge in [0.2, 0.25) is 0 Å². The standard InChI is InChI=1S/C24H28N4O4S/c1-16(29)17-4-6-18(7-5-17)23(30)25-10-11-27-12-14-28(15-13-27)24-26-21-20(33-24)9-8-19(31-2)22(21)32-3/h4-9H,10-15H2,1-3H3,(H,25,30). The maximum atomic E-state index is 12.3. The molecule has 4 rings (SSSR count). The van der Waals surface area contributed by atoms with Gasteiger partial charge in [-0.05, 0) is 31.2 Å². The fourth-order valence-corrected chi connectivity index (χ4v) is 4.90. The van der Waals surface area contributed by atoms with Gasteiger partial charge in [-0.25, -0.2) is 4.98 Å². The average Bonchev–Trinajstić information content (AvgIpc) is 3.28. The van der Waals surface area contributed by atoms with Gasteiger partial charge in [0.1, 0.15) is 5.52 Å². The average molecular weight is 469 g/mol. The third kappa shape index (κ3) is 5.09. The van der Waals surface area contributed by atoms with Gasteiger partial charge in [-0.1, -0.05) is 23.5 Å².